The zero-order valence-electron chi connectivity index (χ0n) is 44.0. The summed E-state index contributed by atoms with van der Waals surface area (Å²) >= 11 is 0. The molecule has 0 aromatic heterocycles. The molecule has 0 N–H and O–H groups in total. The lowest BCUT2D eigenvalue weighted by Crippen LogP contribution is -2.43. The minimum Gasteiger partial charge on any atom is -0.399 e. The molecular formula is C60H76B2O8. The highest BCUT2D eigenvalue weighted by Crippen LogP contribution is 2.51. The normalized spacial score (nSPS) is 28.0. The fourth-order valence-corrected chi connectivity index (χ4v) is 11.2. The second kappa shape index (κ2) is 19.1. The Bertz CT molecular complexity index is 2520. The summed E-state index contributed by atoms with van der Waals surface area (Å²) in [5.74, 6) is 0. The van der Waals surface area contributed by atoms with Gasteiger partial charge in [-0.3, -0.25) is 0 Å². The van der Waals surface area contributed by atoms with Gasteiger partial charge in [0.15, 0.2) is 0 Å². The predicted octanol–water partition coefficient (Wildman–Crippen LogP) is 12.3. The van der Waals surface area contributed by atoms with E-state index in [0.29, 0.717) is 0 Å². The molecule has 0 atom stereocenters. The summed E-state index contributed by atoms with van der Waals surface area (Å²) in [5.41, 5.74) is 9.70. The second-order valence-corrected chi connectivity index (χ2v) is 23.4. The van der Waals surface area contributed by atoms with E-state index in [1.54, 1.807) is 14.2 Å². The Morgan fingerprint density at radius 2 is 0.586 bits per heavy atom. The molecule has 0 spiro atoms. The number of ether oxygens (including phenoxy) is 4. The first-order valence-electron chi connectivity index (χ1n) is 25.7. The Morgan fingerprint density at radius 3 is 0.871 bits per heavy atom. The van der Waals surface area contributed by atoms with Gasteiger partial charge in [-0.1, -0.05) is 135 Å². The Labute approximate surface area is 419 Å². The van der Waals surface area contributed by atoms with Crippen molar-refractivity contribution in [2.45, 2.75) is 165 Å². The maximum atomic E-state index is 6.63. The van der Waals surface area contributed by atoms with Gasteiger partial charge < -0.3 is 37.6 Å². The van der Waals surface area contributed by atoms with Crippen LogP contribution in [0.3, 0.4) is 0 Å². The van der Waals surface area contributed by atoms with Crippen LogP contribution in [-0.4, -0.2) is 64.4 Å². The third-order valence-corrected chi connectivity index (χ3v) is 17.9. The maximum Gasteiger partial charge on any atom is 0.494 e. The number of methoxy groups -OCH3 is 2. The number of hydrogen-bond acceptors (Lipinski definition) is 8. The lowest BCUT2D eigenvalue weighted by atomic mass is 9.60. The van der Waals surface area contributed by atoms with Crippen molar-refractivity contribution in [3.8, 4) is 22.3 Å². The molecular weight excluding hydrogens is 870 g/mol. The van der Waals surface area contributed by atoms with Crippen molar-refractivity contribution in [3.63, 3.8) is 0 Å². The van der Waals surface area contributed by atoms with Gasteiger partial charge in [0.25, 0.3) is 0 Å². The minimum absolute atomic E-state index is 0.143. The summed E-state index contributed by atoms with van der Waals surface area (Å²) in [5, 5.41) is 0. The quantitative estimate of drug-likeness (QED) is 0.0805. The Kier molecular flexibility index (Phi) is 13.8. The molecule has 5 aromatic rings. The van der Waals surface area contributed by atoms with Gasteiger partial charge in [-0.15, -0.1) is 0 Å². The second-order valence-electron chi connectivity index (χ2n) is 23.4. The largest absolute Gasteiger partial charge is 0.494 e. The first-order valence-corrected chi connectivity index (χ1v) is 25.7. The van der Waals surface area contributed by atoms with Gasteiger partial charge in [0.1, 0.15) is 13.6 Å². The minimum atomic E-state index is -0.533. The van der Waals surface area contributed by atoms with Crippen molar-refractivity contribution >= 4 is 25.2 Å². The van der Waals surface area contributed by atoms with Gasteiger partial charge >= 0.3 is 14.2 Å². The van der Waals surface area contributed by atoms with Crippen molar-refractivity contribution < 1.29 is 37.6 Å². The summed E-state index contributed by atoms with van der Waals surface area (Å²) in [6, 6.07) is 44.8. The first-order chi connectivity index (χ1) is 33.1. The molecule has 9 rings (SSSR count). The van der Waals surface area contributed by atoms with Crippen LogP contribution < -0.4 is 10.9 Å². The molecule has 2 saturated heterocycles. The Morgan fingerprint density at radius 1 is 0.343 bits per heavy atom. The average Bonchev–Trinajstić information content (AvgIpc) is 3.73. The monoisotopic (exact) mass is 947 g/mol. The van der Waals surface area contributed by atoms with Crippen LogP contribution in [0.2, 0.25) is 0 Å². The lowest BCUT2D eigenvalue weighted by Gasteiger charge is -2.46. The third kappa shape index (κ3) is 9.65. The van der Waals surface area contributed by atoms with E-state index in [0.717, 1.165) is 73.4 Å². The summed E-state index contributed by atoms with van der Waals surface area (Å²) in [6.07, 6.45) is 7.61. The molecule has 370 valence electrons. The van der Waals surface area contributed by atoms with Gasteiger partial charge in [-0.2, -0.15) is 0 Å². The van der Waals surface area contributed by atoms with Crippen molar-refractivity contribution in [1.29, 1.82) is 0 Å². The van der Waals surface area contributed by atoms with Crippen molar-refractivity contribution in [3.05, 3.63) is 144 Å². The molecule has 2 aliphatic carbocycles. The first kappa shape index (κ1) is 50.8. The summed E-state index contributed by atoms with van der Waals surface area (Å²) < 4.78 is 49.6. The van der Waals surface area contributed by atoms with Crippen LogP contribution in [0.5, 0.6) is 0 Å². The topological polar surface area (TPSA) is 73.8 Å². The smallest absolute Gasteiger partial charge is 0.399 e. The van der Waals surface area contributed by atoms with E-state index < -0.39 is 29.5 Å². The molecule has 70 heavy (non-hydrogen) atoms. The summed E-state index contributed by atoms with van der Waals surface area (Å²) in [7, 11) is 2.61. The summed E-state index contributed by atoms with van der Waals surface area (Å²) in [4.78, 5) is 0. The highest BCUT2D eigenvalue weighted by Gasteiger charge is 2.53. The van der Waals surface area contributed by atoms with Gasteiger partial charge in [-0.25, -0.2) is 0 Å². The van der Waals surface area contributed by atoms with E-state index in [2.05, 4.69) is 191 Å². The average molecular weight is 947 g/mol. The molecule has 5 aromatic carbocycles. The van der Waals surface area contributed by atoms with Gasteiger partial charge in [-0.05, 0) is 173 Å². The molecule has 0 bridgehead atoms. The van der Waals surface area contributed by atoms with Crippen LogP contribution in [0.4, 0.5) is 0 Å². The number of rotatable bonds is 14. The van der Waals surface area contributed by atoms with E-state index >= 15 is 0 Å². The molecule has 10 heteroatoms. The van der Waals surface area contributed by atoms with Crippen molar-refractivity contribution in [1.82, 2.24) is 0 Å². The highest BCUT2D eigenvalue weighted by atomic mass is 16.7. The van der Waals surface area contributed by atoms with Gasteiger partial charge in [0.2, 0.25) is 0 Å². The van der Waals surface area contributed by atoms with Gasteiger partial charge in [0.05, 0.1) is 33.6 Å². The zero-order valence-corrected chi connectivity index (χ0v) is 44.0. The van der Waals surface area contributed by atoms with Crippen LogP contribution in [0.15, 0.2) is 121 Å². The van der Waals surface area contributed by atoms with E-state index in [1.165, 1.54) is 33.4 Å². The van der Waals surface area contributed by atoms with E-state index in [-0.39, 0.29) is 42.7 Å². The van der Waals surface area contributed by atoms with Crippen molar-refractivity contribution in [2.24, 2.45) is 0 Å². The molecule has 0 radical (unpaired) electrons. The van der Waals surface area contributed by atoms with Crippen molar-refractivity contribution in [2.75, 3.05) is 27.8 Å². The van der Waals surface area contributed by atoms with E-state index in [9.17, 15) is 0 Å². The Balaban J connectivity index is 0.831. The zero-order chi connectivity index (χ0) is 49.8. The highest BCUT2D eigenvalue weighted by molar-refractivity contribution is 6.62. The molecule has 2 aliphatic heterocycles. The maximum absolute atomic E-state index is 6.63. The predicted molar refractivity (Wildman–Crippen MR) is 283 cm³/mol. The summed E-state index contributed by atoms with van der Waals surface area (Å²) in [6.45, 7) is 22.1. The molecule has 4 fully saturated rings. The van der Waals surface area contributed by atoms with Gasteiger partial charge in [0, 0.05) is 14.2 Å². The molecule has 2 heterocycles. The molecule has 2 saturated carbocycles. The van der Waals surface area contributed by atoms with E-state index in [1.807, 2.05) is 0 Å². The third-order valence-electron chi connectivity index (χ3n) is 17.9. The fourth-order valence-electron chi connectivity index (χ4n) is 11.2. The molecule has 0 amide bonds. The van der Waals surface area contributed by atoms with E-state index in [4.69, 9.17) is 37.6 Å². The van der Waals surface area contributed by atoms with Crippen LogP contribution in [0.25, 0.3) is 22.3 Å². The lowest BCUT2D eigenvalue weighted by molar-refractivity contribution is -0.203. The fraction of sp³-hybridized carbons (Fsp3) is 0.500. The van der Waals surface area contributed by atoms with Crippen LogP contribution in [-0.2, 0) is 59.6 Å². The van der Waals surface area contributed by atoms with Crippen LogP contribution in [0.1, 0.15) is 143 Å². The SMILES string of the molecule is COCOC1(c2ccc(B3OC(C)(C)C(C)(C)O3)cc2)CCC(OCOC)(c2ccc(-c3ccc(-c4ccc(C5(C)CCC(C)(c6ccc(B7OC(C)(C)C(C)(C)O7)cc6)CC5)cc4)cc3)cc2)CC1. The number of benzene rings is 5. The molecule has 4 aliphatic rings. The molecule has 8 nitrogen and oxygen atoms in total. The van der Waals surface area contributed by atoms with Crippen LogP contribution >= 0.6 is 0 Å². The molecule has 0 unspecified atom stereocenters. The number of hydrogen-bond donors (Lipinski definition) is 0. The van der Waals surface area contributed by atoms with Crippen LogP contribution in [0, 0.1) is 0 Å². The standard InChI is InChI=1S/C60H76B2O8/c1-53(2)54(3,4)68-61(67-53)51-29-25-48(26-30-51)58(10)35-33-57(9,34-36-58)47-21-17-45(18-22-47)43-13-15-44(16-14-43)46-19-23-49(24-20-46)59(65-41-63-11)37-39-60(40-38-59,66-42-64-12)50-27-31-52(32-28-50)62-69-55(5,6)56(7,8)70-62/h13-32H,33-42H2,1-12H3. The Hall–Kier alpha value is -4.09.